The minimum absolute atomic E-state index is 0. The fourth-order valence-electron chi connectivity index (χ4n) is 8.23. The number of unbranched alkanes of at least 4 members (excludes halogenated alkanes) is 2. The highest BCUT2D eigenvalue weighted by Crippen LogP contribution is 2.47. The Balaban J connectivity index is 0.00000512. The number of cyclic esters (lactones) is 1. The highest BCUT2D eigenvalue weighted by Gasteiger charge is 2.50. The Bertz CT molecular complexity index is 2570. The van der Waals surface area contributed by atoms with Crippen molar-refractivity contribution in [1.29, 1.82) is 0 Å². The number of fused-ring (bicyclic) bond motifs is 6. The molecule has 8 rings (SSSR count). The van der Waals surface area contributed by atoms with E-state index in [-0.39, 0.29) is 55.9 Å². The Labute approximate surface area is 339 Å². The number of H-pyrrole nitrogens is 1. The van der Waals surface area contributed by atoms with Crippen molar-refractivity contribution in [1.82, 2.24) is 19.9 Å². The Kier molecular flexibility index (Phi) is 11.1. The number of nitrogens with two attached hydrogens (primary N) is 1. The van der Waals surface area contributed by atoms with Gasteiger partial charge in [0.2, 0.25) is 11.5 Å². The number of carboxylic acid groups (broad SMARTS) is 1. The Morgan fingerprint density at radius 1 is 1.10 bits per heavy atom. The molecule has 58 heavy (non-hydrogen) atoms. The van der Waals surface area contributed by atoms with Crippen molar-refractivity contribution in [3.8, 4) is 11.4 Å². The van der Waals surface area contributed by atoms with Crippen LogP contribution in [0, 0.1) is 0 Å². The number of benzene rings is 2. The summed E-state index contributed by atoms with van der Waals surface area (Å²) in [6.07, 6.45) is 5.91. The lowest BCUT2D eigenvalue weighted by atomic mass is 9.85. The van der Waals surface area contributed by atoms with Crippen molar-refractivity contribution >= 4 is 75.7 Å². The summed E-state index contributed by atoms with van der Waals surface area (Å²) in [6, 6.07) is 12.4. The molecule has 0 aliphatic carbocycles. The molecule has 6 heterocycles. The number of halogens is 1. The van der Waals surface area contributed by atoms with Crippen molar-refractivity contribution in [2.24, 2.45) is 10.7 Å². The van der Waals surface area contributed by atoms with E-state index >= 15 is 0 Å². The predicted octanol–water partition coefficient (Wildman–Crippen LogP) is 5.12. The average Bonchev–Trinajstić information content (AvgIpc) is 3.79. The number of nitrogens with one attached hydrogen (secondary N) is 2. The minimum atomic E-state index is -1.98. The number of hydrogen-bond donors (Lipinski definition) is 4. The first kappa shape index (κ1) is 40.1. The van der Waals surface area contributed by atoms with E-state index in [0.29, 0.717) is 16.9 Å². The van der Waals surface area contributed by atoms with Crippen LogP contribution in [-0.4, -0.2) is 68.4 Å². The van der Waals surface area contributed by atoms with Gasteiger partial charge in [-0.1, -0.05) is 51.0 Å². The number of ether oxygens (including phenoxy) is 2. The summed E-state index contributed by atoms with van der Waals surface area (Å²) >= 11 is 0. The standard InChI is InChI=1S/C42H43N7O8.ClH/c1-3-5-8-16-48-22-45-30-12-9-13-31-35(30)37(48)25-20-49-33(36(25)46-31)18-27-26(39(49)52)21-56-41(55)42(27,4-2)57-34(50)15-14-32(40(53)54)47-38(51)28(43)17-23-19-44-29-11-7-6-10-24(23)29;/h6-7,9-13,18-19,22,28,32,44H,3-5,8,14-17,20-21,43H2,1-2H3,(H,47,51)(H,53,54);1H/t28-,32+,42-;/m0./s1. The van der Waals surface area contributed by atoms with Crippen LogP contribution in [0.2, 0.25) is 0 Å². The molecule has 15 nitrogen and oxygen atoms in total. The molecule has 0 radical (unpaired) electrons. The zero-order valence-corrected chi connectivity index (χ0v) is 32.9. The molecule has 3 aliphatic rings. The second-order valence-corrected chi connectivity index (χ2v) is 14.8. The first-order chi connectivity index (χ1) is 27.5. The number of rotatable bonds is 14. The van der Waals surface area contributed by atoms with E-state index in [4.69, 9.17) is 25.2 Å². The number of hydrogen-bond acceptors (Lipinski definition) is 11. The van der Waals surface area contributed by atoms with Crippen LogP contribution >= 0.6 is 12.4 Å². The van der Waals surface area contributed by atoms with E-state index in [2.05, 4.69) is 22.1 Å². The summed E-state index contributed by atoms with van der Waals surface area (Å²) in [5.41, 5.74) is 10.2. The molecule has 2 aromatic carbocycles. The SMILES string of the molecule is CCCCCN1C=Nc2cccc3nc4c(c1c23)Cn1c-4cc2c(c1=O)COC(=O)[C@@]2(CC)OC(=O)CC[C@@H](NC(=O)[C@@H](N)Cc1c[nH]c2ccccc12)C(=O)O.Cl. The van der Waals surface area contributed by atoms with Crippen LogP contribution in [0.5, 0.6) is 0 Å². The van der Waals surface area contributed by atoms with Gasteiger partial charge in [0.15, 0.2) is 0 Å². The molecular weight excluding hydrogens is 766 g/mol. The molecule has 3 atom stereocenters. The molecule has 0 saturated carbocycles. The number of amides is 1. The topological polar surface area (TPSA) is 211 Å². The van der Waals surface area contributed by atoms with Gasteiger partial charge < -0.3 is 40.1 Å². The van der Waals surface area contributed by atoms with Crippen molar-refractivity contribution in [3.63, 3.8) is 0 Å². The highest BCUT2D eigenvalue weighted by atomic mass is 35.5. The summed E-state index contributed by atoms with van der Waals surface area (Å²) in [5.74, 6) is -3.82. The second-order valence-electron chi connectivity index (χ2n) is 14.8. The normalized spacial score (nSPS) is 17.2. The number of anilines is 1. The van der Waals surface area contributed by atoms with E-state index in [0.717, 1.165) is 64.6 Å². The van der Waals surface area contributed by atoms with E-state index in [1.165, 1.54) is 0 Å². The van der Waals surface area contributed by atoms with Crippen LogP contribution < -0.4 is 21.5 Å². The largest absolute Gasteiger partial charge is 0.480 e. The van der Waals surface area contributed by atoms with Gasteiger partial charge in [0.05, 0.1) is 58.2 Å². The minimum Gasteiger partial charge on any atom is -0.480 e. The van der Waals surface area contributed by atoms with Gasteiger partial charge in [0.25, 0.3) is 5.56 Å². The number of pyridine rings is 2. The monoisotopic (exact) mass is 809 g/mol. The van der Waals surface area contributed by atoms with Gasteiger partial charge in [0.1, 0.15) is 12.6 Å². The number of aromatic amines is 1. The van der Waals surface area contributed by atoms with Crippen LogP contribution in [0.25, 0.3) is 33.2 Å². The fraction of sp³-hybridized carbons (Fsp3) is 0.357. The van der Waals surface area contributed by atoms with Gasteiger partial charge in [-0.25, -0.2) is 19.6 Å². The molecule has 0 saturated heterocycles. The first-order valence-corrected chi connectivity index (χ1v) is 19.3. The number of carbonyl (C=O) groups excluding carboxylic acids is 3. The molecule has 5 N–H and O–H groups in total. The third kappa shape index (κ3) is 6.87. The lowest BCUT2D eigenvalue weighted by molar-refractivity contribution is -0.189. The third-order valence-corrected chi connectivity index (χ3v) is 11.2. The Hall–Kier alpha value is -6.06. The zero-order chi connectivity index (χ0) is 40.0. The van der Waals surface area contributed by atoms with Crippen LogP contribution in [0.15, 0.2) is 64.5 Å². The van der Waals surface area contributed by atoms with Crippen LogP contribution in [0.1, 0.15) is 74.6 Å². The molecule has 5 aromatic rings. The lowest BCUT2D eigenvalue weighted by Gasteiger charge is -2.35. The molecule has 3 aromatic heterocycles. The summed E-state index contributed by atoms with van der Waals surface area (Å²) in [4.78, 5) is 81.8. The molecule has 0 fully saturated rings. The number of esters is 2. The van der Waals surface area contributed by atoms with E-state index in [9.17, 15) is 29.1 Å². The van der Waals surface area contributed by atoms with Crippen molar-refractivity contribution in [2.45, 2.75) is 89.6 Å². The zero-order valence-electron chi connectivity index (χ0n) is 32.1. The fourth-order valence-corrected chi connectivity index (χ4v) is 8.23. The Morgan fingerprint density at radius 2 is 1.91 bits per heavy atom. The van der Waals surface area contributed by atoms with Gasteiger partial charge in [0, 0.05) is 41.2 Å². The third-order valence-electron chi connectivity index (χ3n) is 11.2. The van der Waals surface area contributed by atoms with Gasteiger partial charge >= 0.3 is 17.9 Å². The van der Waals surface area contributed by atoms with Crippen molar-refractivity contribution in [2.75, 3.05) is 11.4 Å². The van der Waals surface area contributed by atoms with Crippen LogP contribution in [0.4, 0.5) is 11.4 Å². The number of aliphatic carboxylic acids is 1. The van der Waals surface area contributed by atoms with Gasteiger partial charge in [-0.05, 0) is 55.5 Å². The number of carboxylic acids is 1. The quantitative estimate of drug-likeness (QED) is 0.0838. The molecule has 1 amide bonds. The van der Waals surface area contributed by atoms with Crippen LogP contribution in [0.3, 0.4) is 0 Å². The summed E-state index contributed by atoms with van der Waals surface area (Å²) in [6.45, 7) is 4.45. The Morgan fingerprint density at radius 3 is 2.69 bits per heavy atom. The lowest BCUT2D eigenvalue weighted by Crippen LogP contribution is -2.50. The molecule has 3 aliphatic heterocycles. The van der Waals surface area contributed by atoms with E-state index < -0.39 is 53.5 Å². The molecule has 0 unspecified atom stereocenters. The number of aliphatic imine (C=N–C) groups is 1. The van der Waals surface area contributed by atoms with Crippen LogP contribution in [-0.2, 0) is 53.8 Å². The van der Waals surface area contributed by atoms with Gasteiger partial charge in [-0.15, -0.1) is 12.4 Å². The first-order valence-electron chi connectivity index (χ1n) is 19.3. The molecule has 302 valence electrons. The van der Waals surface area contributed by atoms with Gasteiger partial charge in [-0.3, -0.25) is 14.4 Å². The molecule has 0 bridgehead atoms. The number of carbonyl (C=O) groups is 4. The number of nitrogens with zero attached hydrogens (tertiary/aromatic N) is 4. The maximum absolute atomic E-state index is 14.3. The highest BCUT2D eigenvalue weighted by molar-refractivity contribution is 6.11. The molecule has 0 spiro atoms. The summed E-state index contributed by atoms with van der Waals surface area (Å²) in [7, 11) is 0. The average molecular weight is 810 g/mol. The smallest absolute Gasteiger partial charge is 0.355 e. The van der Waals surface area contributed by atoms with Gasteiger partial charge in [-0.2, -0.15) is 0 Å². The maximum Gasteiger partial charge on any atom is 0.355 e. The van der Waals surface area contributed by atoms with Crippen molar-refractivity contribution in [3.05, 3.63) is 87.3 Å². The van der Waals surface area contributed by atoms with E-state index in [1.54, 1.807) is 23.8 Å². The van der Waals surface area contributed by atoms with E-state index in [1.807, 2.05) is 48.8 Å². The number of para-hydroxylation sites is 1. The molecular formula is C42H44ClN7O8. The second kappa shape index (κ2) is 16.1. The molecule has 16 heteroatoms. The van der Waals surface area contributed by atoms with Crippen molar-refractivity contribution < 1.29 is 33.8 Å². The summed E-state index contributed by atoms with van der Waals surface area (Å²) in [5, 5.41) is 14.2. The summed E-state index contributed by atoms with van der Waals surface area (Å²) < 4.78 is 13.1. The maximum atomic E-state index is 14.3. The predicted molar refractivity (Wildman–Crippen MR) is 219 cm³/mol. The number of aromatic nitrogens is 3.